The van der Waals surface area contributed by atoms with Gasteiger partial charge in [0.2, 0.25) is 10.0 Å². The fraction of sp³-hybridized carbons (Fsp3) is 0.500. The van der Waals surface area contributed by atoms with Gasteiger partial charge in [-0.2, -0.15) is 5.26 Å². The van der Waals surface area contributed by atoms with Gasteiger partial charge >= 0.3 is 0 Å². The van der Waals surface area contributed by atoms with Crippen LogP contribution < -0.4 is 4.72 Å². The predicted octanol–water partition coefficient (Wildman–Crippen LogP) is 2.45. The monoisotopic (exact) mass is 328 g/mol. The van der Waals surface area contributed by atoms with Crippen LogP contribution in [-0.2, 0) is 14.8 Å². The molecule has 7 heteroatoms. The molecule has 1 aromatic rings. The summed E-state index contributed by atoms with van der Waals surface area (Å²) in [5.41, 5.74) is -0.101. The minimum Gasteiger partial charge on any atom is -0.375 e. The Balaban J connectivity index is 2.25. The van der Waals surface area contributed by atoms with E-state index in [1.165, 1.54) is 18.2 Å². The molecule has 114 valence electrons. The van der Waals surface area contributed by atoms with Crippen LogP contribution in [0.25, 0.3) is 0 Å². The van der Waals surface area contributed by atoms with E-state index in [1.807, 2.05) is 19.9 Å². The Morgan fingerprint density at radius 1 is 1.48 bits per heavy atom. The van der Waals surface area contributed by atoms with E-state index < -0.39 is 10.0 Å². The SMILES string of the molecule is CC1(C)CC(NS(=O)(=O)c2cc(C#N)ccc2Cl)CCO1. The van der Waals surface area contributed by atoms with Gasteiger partial charge in [0.25, 0.3) is 0 Å². The summed E-state index contributed by atoms with van der Waals surface area (Å²) in [5, 5.41) is 8.99. The maximum Gasteiger partial charge on any atom is 0.242 e. The summed E-state index contributed by atoms with van der Waals surface area (Å²) in [7, 11) is -3.76. The largest absolute Gasteiger partial charge is 0.375 e. The minimum atomic E-state index is -3.76. The van der Waals surface area contributed by atoms with Crippen molar-refractivity contribution < 1.29 is 13.2 Å². The molecule has 1 heterocycles. The van der Waals surface area contributed by atoms with E-state index in [4.69, 9.17) is 21.6 Å². The number of nitrogens with zero attached hydrogens (tertiary/aromatic N) is 1. The number of hydrogen-bond donors (Lipinski definition) is 1. The number of benzene rings is 1. The lowest BCUT2D eigenvalue weighted by Crippen LogP contribution is -2.45. The Bertz CT molecular complexity index is 680. The van der Waals surface area contributed by atoms with Crippen LogP contribution in [0, 0.1) is 11.3 Å². The van der Waals surface area contributed by atoms with Crippen molar-refractivity contribution in [3.63, 3.8) is 0 Å². The van der Waals surface area contributed by atoms with Crippen LogP contribution in [0.1, 0.15) is 32.3 Å². The summed E-state index contributed by atoms with van der Waals surface area (Å²) in [5.74, 6) is 0. The summed E-state index contributed by atoms with van der Waals surface area (Å²) in [4.78, 5) is -0.0625. The molecule has 1 N–H and O–H groups in total. The second-order valence-corrected chi connectivity index (χ2v) is 7.77. The van der Waals surface area contributed by atoms with E-state index >= 15 is 0 Å². The van der Waals surface area contributed by atoms with Gasteiger partial charge in [0.1, 0.15) is 4.90 Å². The van der Waals surface area contributed by atoms with Gasteiger partial charge in [0.05, 0.1) is 22.3 Å². The first-order valence-electron chi connectivity index (χ1n) is 6.59. The van der Waals surface area contributed by atoms with Crippen molar-refractivity contribution >= 4 is 21.6 Å². The Kier molecular flexibility index (Phi) is 4.59. The number of sulfonamides is 1. The van der Waals surface area contributed by atoms with Gasteiger partial charge in [-0.25, -0.2) is 13.1 Å². The topological polar surface area (TPSA) is 79.2 Å². The van der Waals surface area contributed by atoms with Gasteiger partial charge < -0.3 is 4.74 Å². The normalized spacial score (nSPS) is 21.7. The maximum absolute atomic E-state index is 12.5. The average Bonchev–Trinajstić information content (AvgIpc) is 2.37. The Morgan fingerprint density at radius 3 is 2.81 bits per heavy atom. The van der Waals surface area contributed by atoms with Crippen LogP contribution in [0.5, 0.6) is 0 Å². The number of nitrogens with one attached hydrogen (secondary N) is 1. The average molecular weight is 329 g/mol. The molecule has 0 saturated carbocycles. The zero-order valence-electron chi connectivity index (χ0n) is 11.9. The zero-order valence-corrected chi connectivity index (χ0v) is 13.5. The molecule has 0 spiro atoms. The smallest absolute Gasteiger partial charge is 0.242 e. The molecule has 1 fully saturated rings. The molecule has 0 aliphatic carbocycles. The second-order valence-electron chi connectivity index (χ2n) is 5.68. The Morgan fingerprint density at radius 2 is 2.19 bits per heavy atom. The number of rotatable bonds is 3. The van der Waals surface area contributed by atoms with Gasteiger partial charge in [0, 0.05) is 12.6 Å². The molecule has 0 bridgehead atoms. The highest BCUT2D eigenvalue weighted by molar-refractivity contribution is 7.89. The molecule has 5 nitrogen and oxygen atoms in total. The molecule has 21 heavy (non-hydrogen) atoms. The van der Waals surface area contributed by atoms with Crippen LogP contribution in [0.15, 0.2) is 23.1 Å². The van der Waals surface area contributed by atoms with Crippen molar-refractivity contribution in [2.24, 2.45) is 0 Å². The molecule has 1 aromatic carbocycles. The highest BCUT2D eigenvalue weighted by atomic mass is 35.5. The lowest BCUT2D eigenvalue weighted by molar-refractivity contribution is -0.0599. The van der Waals surface area contributed by atoms with Crippen molar-refractivity contribution in [3.8, 4) is 6.07 Å². The minimum absolute atomic E-state index is 0.0625. The Hall–Kier alpha value is -1.13. The first kappa shape index (κ1) is 16.2. The molecule has 1 atom stereocenters. The third-order valence-corrected chi connectivity index (χ3v) is 5.37. The number of ether oxygens (including phenoxy) is 1. The third kappa shape index (κ3) is 3.95. The standard InChI is InChI=1S/C14H17ClN2O3S/c1-14(2)8-11(5-6-20-14)17-21(18,19)13-7-10(9-16)3-4-12(13)15/h3-4,7,11,17H,5-6,8H2,1-2H3. The van der Waals surface area contributed by atoms with Crippen molar-refractivity contribution in [3.05, 3.63) is 28.8 Å². The van der Waals surface area contributed by atoms with E-state index in [0.717, 1.165) is 0 Å². The van der Waals surface area contributed by atoms with E-state index in [2.05, 4.69) is 4.72 Å². The van der Waals surface area contributed by atoms with Gasteiger partial charge in [0.15, 0.2) is 0 Å². The second kappa shape index (κ2) is 5.93. The van der Waals surface area contributed by atoms with Crippen LogP contribution in [-0.4, -0.2) is 26.7 Å². The first-order valence-corrected chi connectivity index (χ1v) is 8.45. The molecule has 0 aromatic heterocycles. The zero-order chi connectivity index (χ0) is 15.7. The summed E-state index contributed by atoms with van der Waals surface area (Å²) >= 11 is 5.96. The highest BCUT2D eigenvalue weighted by Crippen LogP contribution is 2.27. The molecular formula is C14H17ClN2O3S. The molecule has 1 aliphatic rings. The highest BCUT2D eigenvalue weighted by Gasteiger charge is 2.32. The molecule has 1 saturated heterocycles. The summed E-state index contributed by atoms with van der Waals surface area (Å²) in [6, 6.07) is 5.90. The van der Waals surface area contributed by atoms with E-state index in [1.54, 1.807) is 0 Å². The summed E-state index contributed by atoms with van der Waals surface area (Å²) < 4.78 is 33.1. The first-order chi connectivity index (χ1) is 9.73. The maximum atomic E-state index is 12.5. The van der Waals surface area contributed by atoms with Gasteiger partial charge in [-0.05, 0) is 44.9 Å². The Labute approximate surface area is 129 Å². The fourth-order valence-corrected chi connectivity index (χ4v) is 4.19. The summed E-state index contributed by atoms with van der Waals surface area (Å²) in [6.07, 6.45) is 1.19. The molecular weight excluding hydrogens is 312 g/mol. The van der Waals surface area contributed by atoms with Gasteiger partial charge in [-0.3, -0.25) is 0 Å². The predicted molar refractivity (Wildman–Crippen MR) is 79.5 cm³/mol. The fourth-order valence-electron chi connectivity index (χ4n) is 2.39. The lowest BCUT2D eigenvalue weighted by atomic mass is 9.95. The molecule has 2 rings (SSSR count). The van der Waals surface area contributed by atoms with Crippen molar-refractivity contribution in [2.75, 3.05) is 6.61 Å². The van der Waals surface area contributed by atoms with Gasteiger partial charge in [-0.1, -0.05) is 11.6 Å². The van der Waals surface area contributed by atoms with Crippen molar-refractivity contribution in [1.29, 1.82) is 5.26 Å². The molecule has 0 amide bonds. The van der Waals surface area contributed by atoms with Crippen LogP contribution in [0.4, 0.5) is 0 Å². The molecule has 1 aliphatic heterocycles. The molecule has 1 unspecified atom stereocenters. The van der Waals surface area contributed by atoms with E-state index in [0.29, 0.717) is 19.4 Å². The van der Waals surface area contributed by atoms with E-state index in [9.17, 15) is 8.42 Å². The molecule has 0 radical (unpaired) electrons. The van der Waals surface area contributed by atoms with Crippen LogP contribution >= 0.6 is 11.6 Å². The van der Waals surface area contributed by atoms with Crippen molar-refractivity contribution in [2.45, 2.75) is 43.2 Å². The van der Waals surface area contributed by atoms with Crippen LogP contribution in [0.3, 0.4) is 0 Å². The van der Waals surface area contributed by atoms with E-state index in [-0.39, 0.29) is 27.1 Å². The summed E-state index contributed by atoms with van der Waals surface area (Å²) in [6.45, 7) is 4.36. The quantitative estimate of drug-likeness (QED) is 0.924. The number of nitriles is 1. The lowest BCUT2D eigenvalue weighted by Gasteiger charge is -2.35. The van der Waals surface area contributed by atoms with Crippen molar-refractivity contribution in [1.82, 2.24) is 4.72 Å². The van der Waals surface area contributed by atoms with Gasteiger partial charge in [-0.15, -0.1) is 0 Å². The number of halogens is 1. The number of hydrogen-bond acceptors (Lipinski definition) is 4. The van der Waals surface area contributed by atoms with Crippen LogP contribution in [0.2, 0.25) is 5.02 Å². The third-order valence-electron chi connectivity index (χ3n) is 3.37.